The van der Waals surface area contributed by atoms with E-state index in [4.69, 9.17) is 10.2 Å². The number of hydrogen-bond acceptors (Lipinski definition) is 12. The quantitative estimate of drug-likeness (QED) is 0.0852. The fraction of sp³-hybridized carbons (Fsp3) is 0.571. The van der Waals surface area contributed by atoms with Crippen LogP contribution in [0.15, 0.2) is 0 Å². The maximum absolute atomic E-state index is 12.3. The average Bonchev–Trinajstić information content (AvgIpc) is 3.05. The van der Waals surface area contributed by atoms with Gasteiger partial charge in [-0.15, -0.1) is 0 Å². The summed E-state index contributed by atoms with van der Waals surface area (Å²) in [6.07, 6.45) is -4.18. The van der Waals surface area contributed by atoms with Gasteiger partial charge in [0.15, 0.2) is 9.49 Å². The molecule has 2 fully saturated rings. The Morgan fingerprint density at radius 2 is 1.03 bits per heavy atom. The molecule has 0 saturated carbocycles. The minimum Gasteiger partial charge on any atom is -0.481 e. The van der Waals surface area contributed by atoms with Gasteiger partial charge in [0, 0.05) is 12.8 Å². The number of amides is 4. The van der Waals surface area contributed by atoms with E-state index < -0.39 is 101 Å². The molecule has 2 aliphatic heterocycles. The molecule has 6 N–H and O–H groups in total. The predicted octanol–water partition coefficient (Wildman–Crippen LogP) is -2.60. The van der Waals surface area contributed by atoms with Crippen molar-refractivity contribution in [3.8, 4) is 0 Å². The van der Waals surface area contributed by atoms with Crippen LogP contribution in [-0.4, -0.2) is 91.7 Å². The van der Waals surface area contributed by atoms with Gasteiger partial charge in [0.25, 0.3) is 32.1 Å². The number of carbonyl (C=O) groups excluding carboxylic acids is 4. The molecule has 2 saturated heterocycles. The first-order valence-electron chi connectivity index (χ1n) is 8.82. The highest BCUT2D eigenvalue weighted by atomic mass is 33.1. The highest BCUT2D eigenvalue weighted by Gasteiger charge is 2.67. The summed E-state index contributed by atoms with van der Waals surface area (Å²) in [5.41, 5.74) is 0. The molecule has 0 spiro atoms. The summed E-state index contributed by atoms with van der Waals surface area (Å²) in [5.74, 6) is -8.99. The normalized spacial score (nSPS) is 29.7. The van der Waals surface area contributed by atoms with Gasteiger partial charge in [-0.3, -0.25) is 48.5 Å². The lowest BCUT2D eigenvalue weighted by atomic mass is 10.00. The maximum Gasteiger partial charge on any atom is 0.303 e. The first-order chi connectivity index (χ1) is 15.4. The molecule has 20 heteroatoms. The van der Waals surface area contributed by atoms with Crippen LogP contribution in [0.5, 0.6) is 0 Å². The molecule has 0 aliphatic carbocycles. The van der Waals surface area contributed by atoms with Crippen LogP contribution in [0.3, 0.4) is 0 Å². The summed E-state index contributed by atoms with van der Waals surface area (Å²) >= 11 is 0. The Bertz CT molecular complexity index is 1090. The summed E-state index contributed by atoms with van der Waals surface area (Å²) in [6.45, 7) is 0. The van der Waals surface area contributed by atoms with Crippen LogP contribution in [0, 0.1) is 0 Å². The van der Waals surface area contributed by atoms with Crippen molar-refractivity contribution in [3.63, 3.8) is 0 Å². The molecule has 0 aromatic carbocycles. The highest BCUT2D eigenvalue weighted by Crippen LogP contribution is 2.49. The molecule has 4 atom stereocenters. The van der Waals surface area contributed by atoms with E-state index >= 15 is 0 Å². The van der Waals surface area contributed by atoms with Crippen LogP contribution in [0.2, 0.25) is 0 Å². The number of hydrogen-bond donors (Lipinski definition) is 6. The summed E-state index contributed by atoms with van der Waals surface area (Å²) < 4.78 is 61.8. The number of carbonyl (C=O) groups is 6. The van der Waals surface area contributed by atoms with Crippen LogP contribution in [-0.2, 0) is 49.0 Å². The van der Waals surface area contributed by atoms with E-state index in [0.717, 1.165) is 0 Å². The molecule has 2 heterocycles. The summed E-state index contributed by atoms with van der Waals surface area (Å²) in [5, 5.41) is 16.8. The molecule has 2 rings (SSSR count). The minimum absolute atomic E-state index is 0.0527. The number of nitrogens with one attached hydrogen (secondary N) is 2. The molecule has 0 radical (unpaired) electrons. The van der Waals surface area contributed by atoms with E-state index in [0.29, 0.717) is 0 Å². The second kappa shape index (κ2) is 9.41. The van der Waals surface area contributed by atoms with Crippen LogP contribution in [0.1, 0.15) is 25.7 Å². The van der Waals surface area contributed by atoms with Crippen molar-refractivity contribution in [2.45, 2.75) is 45.7 Å². The molecular weight excluding hydrogens is 548 g/mol. The Kier molecular flexibility index (Phi) is 7.75. The molecule has 0 aromatic heterocycles. The summed E-state index contributed by atoms with van der Waals surface area (Å²) in [6, 6.07) is 0. The first-order valence-corrected chi connectivity index (χ1v) is 14.0. The molecule has 16 nitrogen and oxygen atoms in total. The Morgan fingerprint density at radius 3 is 1.26 bits per heavy atom. The average molecular weight is 565 g/mol. The van der Waals surface area contributed by atoms with E-state index in [1.165, 1.54) is 0 Å². The van der Waals surface area contributed by atoms with E-state index in [-0.39, 0.29) is 21.6 Å². The topological polar surface area (TPSA) is 276 Å². The van der Waals surface area contributed by atoms with E-state index in [1.807, 2.05) is 0 Å². The van der Waals surface area contributed by atoms with Crippen LogP contribution in [0.4, 0.5) is 0 Å². The van der Waals surface area contributed by atoms with Gasteiger partial charge in [0.2, 0.25) is 11.8 Å². The summed E-state index contributed by atoms with van der Waals surface area (Å²) in [4.78, 5) is 71.2. The van der Waals surface area contributed by atoms with Gasteiger partial charge >= 0.3 is 11.9 Å². The lowest BCUT2D eigenvalue weighted by Crippen LogP contribution is -2.53. The Balaban J connectivity index is 2.51. The first kappa shape index (κ1) is 28.0. The largest absolute Gasteiger partial charge is 0.481 e. The third-order valence-corrected chi connectivity index (χ3v) is 11.8. The fourth-order valence-corrected chi connectivity index (χ4v) is 10.3. The number of rotatable bonds is 11. The van der Waals surface area contributed by atoms with Crippen molar-refractivity contribution >= 4 is 77.4 Å². The Labute approximate surface area is 198 Å². The van der Waals surface area contributed by atoms with Gasteiger partial charge in [0.1, 0.15) is 10.5 Å². The van der Waals surface area contributed by atoms with Crippen LogP contribution < -0.4 is 10.6 Å². The number of aliphatic carboxylic acids is 2. The van der Waals surface area contributed by atoms with Gasteiger partial charge < -0.3 is 10.2 Å². The van der Waals surface area contributed by atoms with Gasteiger partial charge in [-0.1, -0.05) is 21.6 Å². The van der Waals surface area contributed by atoms with Crippen LogP contribution >= 0.6 is 21.6 Å². The fourth-order valence-electron chi connectivity index (χ4n) is 3.42. The lowest BCUT2D eigenvalue weighted by molar-refractivity contribution is -0.138. The van der Waals surface area contributed by atoms with E-state index in [9.17, 15) is 54.7 Å². The predicted molar refractivity (Wildman–Crippen MR) is 111 cm³/mol. The lowest BCUT2D eigenvalue weighted by Gasteiger charge is -2.30. The zero-order valence-electron chi connectivity index (χ0n) is 16.5. The summed E-state index contributed by atoms with van der Waals surface area (Å²) in [7, 11) is -10.9. The smallest absolute Gasteiger partial charge is 0.303 e. The van der Waals surface area contributed by atoms with Crippen molar-refractivity contribution in [2.24, 2.45) is 0 Å². The second-order valence-corrected chi connectivity index (χ2v) is 12.9. The maximum atomic E-state index is 12.3. The van der Waals surface area contributed by atoms with Gasteiger partial charge in [-0.2, -0.15) is 16.8 Å². The molecule has 4 amide bonds. The van der Waals surface area contributed by atoms with E-state index in [2.05, 4.69) is 0 Å². The molecule has 0 aromatic rings. The Hall–Kier alpha value is -2.26. The van der Waals surface area contributed by atoms with Crippen molar-refractivity contribution in [2.75, 3.05) is 0 Å². The molecule has 34 heavy (non-hydrogen) atoms. The third kappa shape index (κ3) is 4.64. The SMILES string of the molecule is O=C(O)CCC1(S(=O)(=O)O)C(=O)NC(=O)C1SSC1C(=O)NC(=O)C1(CCC(=O)O)S(=O)(=O)O. The van der Waals surface area contributed by atoms with E-state index in [1.54, 1.807) is 10.6 Å². The number of carboxylic acids is 2. The molecular formula is C14H16N2O14S4. The minimum atomic E-state index is -5.48. The van der Waals surface area contributed by atoms with Crippen LogP contribution in [0.25, 0.3) is 0 Å². The molecule has 4 unspecified atom stereocenters. The van der Waals surface area contributed by atoms with Gasteiger partial charge in [0.05, 0.1) is 0 Å². The number of imide groups is 2. The second-order valence-electron chi connectivity index (χ2n) is 7.11. The van der Waals surface area contributed by atoms with Crippen molar-refractivity contribution < 1.29 is 64.9 Å². The molecule has 190 valence electrons. The zero-order chi connectivity index (χ0) is 26.3. The van der Waals surface area contributed by atoms with Gasteiger partial charge in [-0.05, 0) is 12.8 Å². The monoisotopic (exact) mass is 564 g/mol. The molecule has 2 aliphatic rings. The van der Waals surface area contributed by atoms with Crippen molar-refractivity contribution in [1.82, 2.24) is 10.6 Å². The number of carboxylic acid groups (broad SMARTS) is 2. The van der Waals surface area contributed by atoms with Crippen molar-refractivity contribution in [3.05, 3.63) is 0 Å². The van der Waals surface area contributed by atoms with Gasteiger partial charge in [-0.25, -0.2) is 0 Å². The van der Waals surface area contributed by atoms with Crippen molar-refractivity contribution in [1.29, 1.82) is 0 Å². The zero-order valence-corrected chi connectivity index (χ0v) is 19.8. The standard InChI is InChI=1S/C14H16N2O14S4/c17-5(18)1-3-13(33(25,26)27)7(9(21)15-11(13)23)31-32-8-10(22)16-12(24)14(8,34(28,29)30)4-2-6(19)20/h7-8H,1-4H2,(H,17,18)(H,19,20)(H,15,21,23)(H,16,22,24)(H,25,26,27)(H,28,29,30). The Morgan fingerprint density at radius 1 is 0.735 bits per heavy atom. The third-order valence-electron chi connectivity index (χ3n) is 5.15. The highest BCUT2D eigenvalue weighted by molar-refractivity contribution is 8.77. The molecule has 0 bridgehead atoms.